The second-order valence-electron chi connectivity index (χ2n) is 9.00. The number of piperazine rings is 1. The maximum atomic E-state index is 13.5. The van der Waals surface area contributed by atoms with Gasteiger partial charge in [-0.1, -0.05) is 11.6 Å². The highest BCUT2D eigenvalue weighted by molar-refractivity contribution is 5.85. The van der Waals surface area contributed by atoms with Gasteiger partial charge in [-0.25, -0.2) is 0 Å². The predicted molar refractivity (Wildman–Crippen MR) is 123 cm³/mol. The van der Waals surface area contributed by atoms with Crippen LogP contribution < -0.4 is 5.32 Å². The zero-order chi connectivity index (χ0) is 24.3. The molecule has 9 nitrogen and oxygen atoms in total. The maximum absolute atomic E-state index is 13.5. The van der Waals surface area contributed by atoms with Crippen molar-refractivity contribution in [3.8, 4) is 0 Å². The summed E-state index contributed by atoms with van der Waals surface area (Å²) in [6, 6.07) is 0.921. The SMILES string of the molecule is CC(=O)O.CC(=O)O.COCCN1CCN(C(=O)[C@]2(CC=C(C)C)C[C@@H]3CC[C@H]2N3)CC1. The van der Waals surface area contributed by atoms with E-state index in [9.17, 15) is 4.79 Å². The molecule has 3 heterocycles. The normalized spacial score (nSPS) is 26.3. The first-order valence-corrected chi connectivity index (χ1v) is 11.3. The molecule has 3 aliphatic rings. The minimum absolute atomic E-state index is 0.200. The summed E-state index contributed by atoms with van der Waals surface area (Å²) in [6.07, 6.45) is 6.58. The van der Waals surface area contributed by atoms with Crippen molar-refractivity contribution in [2.75, 3.05) is 46.4 Å². The quantitative estimate of drug-likeness (QED) is 0.519. The monoisotopic (exact) mass is 455 g/mol. The number of carboxylic acid groups (broad SMARTS) is 2. The molecular weight excluding hydrogens is 414 g/mol. The van der Waals surface area contributed by atoms with Gasteiger partial charge in [-0.05, 0) is 39.5 Å². The van der Waals surface area contributed by atoms with Gasteiger partial charge >= 0.3 is 0 Å². The van der Waals surface area contributed by atoms with Crippen molar-refractivity contribution in [3.63, 3.8) is 0 Å². The Hall–Kier alpha value is -1.97. The van der Waals surface area contributed by atoms with Gasteiger partial charge < -0.3 is 25.2 Å². The number of allylic oxidation sites excluding steroid dienone is 2. The van der Waals surface area contributed by atoms with E-state index in [2.05, 4.69) is 35.0 Å². The topological polar surface area (TPSA) is 119 Å². The van der Waals surface area contributed by atoms with Crippen molar-refractivity contribution in [2.45, 2.75) is 65.5 Å². The summed E-state index contributed by atoms with van der Waals surface area (Å²) in [4.78, 5) is 36.0. The molecule has 3 N–H and O–H groups in total. The highest BCUT2D eigenvalue weighted by atomic mass is 16.5. The van der Waals surface area contributed by atoms with Crippen LogP contribution in [-0.4, -0.2) is 96.4 Å². The molecule has 1 amide bonds. The van der Waals surface area contributed by atoms with Crippen LogP contribution in [0.25, 0.3) is 0 Å². The molecule has 3 rings (SSSR count). The number of aliphatic carboxylic acids is 2. The fourth-order valence-electron chi connectivity index (χ4n) is 4.64. The van der Waals surface area contributed by atoms with Gasteiger partial charge in [0.15, 0.2) is 0 Å². The molecule has 0 unspecified atom stereocenters. The predicted octanol–water partition coefficient (Wildman–Crippen LogP) is 1.83. The molecule has 32 heavy (non-hydrogen) atoms. The molecule has 3 atom stereocenters. The van der Waals surface area contributed by atoms with Crippen molar-refractivity contribution in [3.05, 3.63) is 11.6 Å². The van der Waals surface area contributed by atoms with E-state index in [1.165, 1.54) is 12.0 Å². The largest absolute Gasteiger partial charge is 0.481 e. The number of fused-ring (bicyclic) bond motifs is 2. The van der Waals surface area contributed by atoms with E-state index in [0.29, 0.717) is 18.0 Å². The summed E-state index contributed by atoms with van der Waals surface area (Å²) in [7, 11) is 1.74. The molecule has 3 saturated heterocycles. The molecule has 3 fully saturated rings. The number of hydrogen-bond donors (Lipinski definition) is 3. The molecule has 3 aliphatic heterocycles. The Kier molecular flexibility index (Phi) is 11.9. The lowest BCUT2D eigenvalue weighted by atomic mass is 9.70. The summed E-state index contributed by atoms with van der Waals surface area (Å²) in [6.45, 7) is 11.8. The summed E-state index contributed by atoms with van der Waals surface area (Å²) < 4.78 is 5.17. The Labute approximate surface area is 191 Å². The second-order valence-corrected chi connectivity index (χ2v) is 9.00. The van der Waals surface area contributed by atoms with Gasteiger partial charge in [-0.15, -0.1) is 0 Å². The number of carboxylic acids is 2. The first-order valence-electron chi connectivity index (χ1n) is 11.3. The number of methoxy groups -OCH3 is 1. The van der Waals surface area contributed by atoms with Crippen LogP contribution in [-0.2, 0) is 19.1 Å². The van der Waals surface area contributed by atoms with E-state index in [1.54, 1.807) is 7.11 Å². The number of nitrogens with zero attached hydrogens (tertiary/aromatic N) is 2. The lowest BCUT2D eigenvalue weighted by molar-refractivity contribution is -0.145. The van der Waals surface area contributed by atoms with Crippen LogP contribution in [0.3, 0.4) is 0 Å². The molecule has 0 radical (unpaired) electrons. The number of ether oxygens (including phenoxy) is 1. The highest BCUT2D eigenvalue weighted by Gasteiger charge is 2.56. The fourth-order valence-corrected chi connectivity index (χ4v) is 4.64. The molecule has 0 aromatic carbocycles. The number of carbonyl (C=O) groups excluding carboxylic acids is 1. The van der Waals surface area contributed by atoms with Gasteiger partial charge in [0, 0.05) is 65.8 Å². The third-order valence-corrected chi connectivity index (χ3v) is 6.09. The molecule has 0 spiro atoms. The van der Waals surface area contributed by atoms with E-state index in [-0.39, 0.29) is 5.41 Å². The first-order chi connectivity index (χ1) is 15.0. The summed E-state index contributed by atoms with van der Waals surface area (Å²) in [5.41, 5.74) is 1.11. The van der Waals surface area contributed by atoms with Gasteiger partial charge in [0.1, 0.15) is 0 Å². The smallest absolute Gasteiger partial charge is 0.300 e. The van der Waals surface area contributed by atoms with Crippen LogP contribution in [0.1, 0.15) is 53.4 Å². The van der Waals surface area contributed by atoms with Crippen LogP contribution in [0.4, 0.5) is 0 Å². The molecule has 184 valence electrons. The van der Waals surface area contributed by atoms with Crippen molar-refractivity contribution < 1.29 is 29.3 Å². The molecule has 0 aromatic heterocycles. The van der Waals surface area contributed by atoms with Crippen molar-refractivity contribution in [1.29, 1.82) is 0 Å². The second kappa shape index (κ2) is 13.5. The molecule has 2 bridgehead atoms. The summed E-state index contributed by atoms with van der Waals surface area (Å²) >= 11 is 0. The Bertz CT molecular complexity index is 636. The third kappa shape index (κ3) is 8.88. The van der Waals surface area contributed by atoms with Crippen LogP contribution >= 0.6 is 0 Å². The lowest BCUT2D eigenvalue weighted by Crippen LogP contribution is -2.56. The van der Waals surface area contributed by atoms with Crippen LogP contribution in [0.2, 0.25) is 0 Å². The number of amides is 1. The Balaban J connectivity index is 0.000000554. The van der Waals surface area contributed by atoms with E-state index < -0.39 is 11.9 Å². The maximum Gasteiger partial charge on any atom is 0.300 e. The average Bonchev–Trinajstić information content (AvgIpc) is 3.32. The first kappa shape index (κ1) is 28.1. The zero-order valence-electron chi connectivity index (χ0n) is 20.2. The van der Waals surface area contributed by atoms with Crippen molar-refractivity contribution >= 4 is 17.8 Å². The lowest BCUT2D eigenvalue weighted by Gasteiger charge is -2.42. The van der Waals surface area contributed by atoms with Gasteiger partial charge in [0.05, 0.1) is 12.0 Å². The number of rotatable bonds is 6. The Morgan fingerprint density at radius 3 is 2.00 bits per heavy atom. The molecule has 9 heteroatoms. The van der Waals surface area contributed by atoms with E-state index in [1.807, 2.05) is 0 Å². The Morgan fingerprint density at radius 1 is 1.03 bits per heavy atom. The fraction of sp³-hybridized carbons (Fsp3) is 0.783. The average molecular weight is 456 g/mol. The standard InChI is InChI=1S/C19H33N3O2.2C2H4O2/c1-15(2)6-7-19(14-16-4-5-17(19)20-16)18(23)22-10-8-21(9-11-22)12-13-24-3;2*1-2(3)4/h6,16-17,20H,4-5,7-14H2,1-3H3;2*1H3,(H,3,4)/t16-,17+,19+;;/m0../s1. The number of carbonyl (C=O) groups is 3. The summed E-state index contributed by atoms with van der Waals surface area (Å²) in [5, 5.41) is 18.5. The molecule has 0 saturated carbocycles. The van der Waals surface area contributed by atoms with Gasteiger partial charge in [-0.2, -0.15) is 0 Å². The number of nitrogens with one attached hydrogen (secondary N) is 1. The summed E-state index contributed by atoms with van der Waals surface area (Å²) in [5.74, 6) is -1.27. The molecule has 0 aliphatic carbocycles. The van der Waals surface area contributed by atoms with Gasteiger partial charge in [-0.3, -0.25) is 19.3 Å². The van der Waals surface area contributed by atoms with Crippen LogP contribution in [0, 0.1) is 5.41 Å². The Morgan fingerprint density at radius 2 is 1.59 bits per heavy atom. The van der Waals surface area contributed by atoms with E-state index >= 15 is 0 Å². The minimum atomic E-state index is -0.833. The molecule has 0 aromatic rings. The van der Waals surface area contributed by atoms with Gasteiger partial charge in [0.25, 0.3) is 11.9 Å². The minimum Gasteiger partial charge on any atom is -0.481 e. The zero-order valence-corrected chi connectivity index (χ0v) is 20.2. The van der Waals surface area contributed by atoms with Gasteiger partial charge in [0.2, 0.25) is 5.91 Å². The van der Waals surface area contributed by atoms with Crippen molar-refractivity contribution in [2.24, 2.45) is 5.41 Å². The molecular formula is C23H41N3O6. The van der Waals surface area contributed by atoms with Crippen LogP contribution in [0.15, 0.2) is 11.6 Å². The van der Waals surface area contributed by atoms with Crippen molar-refractivity contribution in [1.82, 2.24) is 15.1 Å². The third-order valence-electron chi connectivity index (χ3n) is 6.09. The highest BCUT2D eigenvalue weighted by Crippen LogP contribution is 2.47. The van der Waals surface area contributed by atoms with E-state index in [0.717, 1.165) is 72.4 Å². The van der Waals surface area contributed by atoms with Crippen LogP contribution in [0.5, 0.6) is 0 Å². The number of hydrogen-bond acceptors (Lipinski definition) is 6. The van der Waals surface area contributed by atoms with E-state index in [4.69, 9.17) is 24.5 Å².